The topological polar surface area (TPSA) is 49.9 Å². The van der Waals surface area contributed by atoms with Gasteiger partial charge in [0.05, 0.1) is 5.92 Å². The van der Waals surface area contributed by atoms with Crippen LogP contribution < -0.4 is 0 Å². The van der Waals surface area contributed by atoms with Crippen LogP contribution >= 0.6 is 11.6 Å². The lowest BCUT2D eigenvalue weighted by molar-refractivity contribution is -0.142. The highest BCUT2D eigenvalue weighted by molar-refractivity contribution is 6.30. The molecule has 6 heteroatoms. The van der Waals surface area contributed by atoms with Crippen LogP contribution in [-0.4, -0.2) is 61.5 Å². The van der Waals surface area contributed by atoms with Crippen LogP contribution in [0.1, 0.15) is 37.7 Å². The molecular formula is C22H31ClN2O3. The molecule has 0 bridgehead atoms. The maximum Gasteiger partial charge on any atom is 0.227 e. The van der Waals surface area contributed by atoms with Crippen LogP contribution in [-0.2, 0) is 20.7 Å². The summed E-state index contributed by atoms with van der Waals surface area (Å²) in [7, 11) is 1.90. The molecule has 1 aromatic rings. The van der Waals surface area contributed by atoms with Gasteiger partial charge in [0.1, 0.15) is 0 Å². The van der Waals surface area contributed by atoms with E-state index in [1.165, 1.54) is 0 Å². The van der Waals surface area contributed by atoms with Crippen LogP contribution in [0.3, 0.4) is 0 Å². The van der Waals surface area contributed by atoms with Crippen molar-refractivity contribution in [1.82, 2.24) is 9.80 Å². The van der Waals surface area contributed by atoms with Gasteiger partial charge in [-0.15, -0.1) is 0 Å². The molecule has 0 radical (unpaired) electrons. The number of piperidine rings is 1. The van der Waals surface area contributed by atoms with E-state index in [2.05, 4.69) is 0 Å². The Kier molecular flexibility index (Phi) is 7.74. The third kappa shape index (κ3) is 5.95. The van der Waals surface area contributed by atoms with Gasteiger partial charge in [-0.05, 0) is 55.7 Å². The van der Waals surface area contributed by atoms with Gasteiger partial charge in [0.25, 0.3) is 0 Å². The summed E-state index contributed by atoms with van der Waals surface area (Å²) in [6.45, 7) is 3.66. The monoisotopic (exact) mass is 406 g/mol. The summed E-state index contributed by atoms with van der Waals surface area (Å²) >= 11 is 5.93. The van der Waals surface area contributed by atoms with Crippen molar-refractivity contribution >= 4 is 23.4 Å². The van der Waals surface area contributed by atoms with Crippen molar-refractivity contribution in [2.45, 2.75) is 38.5 Å². The molecule has 0 spiro atoms. The molecule has 2 aliphatic rings. The van der Waals surface area contributed by atoms with Gasteiger partial charge in [-0.1, -0.05) is 23.7 Å². The van der Waals surface area contributed by atoms with Crippen molar-refractivity contribution in [3.63, 3.8) is 0 Å². The molecule has 0 N–H and O–H groups in total. The summed E-state index contributed by atoms with van der Waals surface area (Å²) in [5.74, 6) is 0.911. The van der Waals surface area contributed by atoms with E-state index in [0.717, 1.165) is 51.0 Å². The fourth-order valence-electron chi connectivity index (χ4n) is 4.08. The number of carbonyl (C=O) groups is 2. The van der Waals surface area contributed by atoms with E-state index in [1.807, 2.05) is 41.1 Å². The van der Waals surface area contributed by atoms with Crippen LogP contribution in [0, 0.1) is 11.8 Å². The third-order valence-corrected chi connectivity index (χ3v) is 6.27. The predicted octanol–water partition coefficient (Wildman–Crippen LogP) is 3.40. The highest BCUT2D eigenvalue weighted by Crippen LogP contribution is 2.22. The van der Waals surface area contributed by atoms with Crippen LogP contribution in [0.15, 0.2) is 24.3 Å². The van der Waals surface area contributed by atoms with Crippen LogP contribution in [0.5, 0.6) is 0 Å². The van der Waals surface area contributed by atoms with Gasteiger partial charge in [0.2, 0.25) is 11.8 Å². The highest BCUT2D eigenvalue weighted by Gasteiger charge is 2.31. The lowest BCUT2D eigenvalue weighted by atomic mass is 9.94. The smallest absolute Gasteiger partial charge is 0.227 e. The van der Waals surface area contributed by atoms with Crippen molar-refractivity contribution in [2.75, 3.05) is 39.9 Å². The minimum atomic E-state index is -0.0809. The number of carbonyl (C=O) groups excluding carboxylic acids is 2. The standard InChI is InChI=1S/C22H31ClN2O3/c1-24(12-8-18-10-14-28-15-11-18)22(27)19-4-7-21(26)25(16-19)13-9-17-2-5-20(23)6-3-17/h2-3,5-6,18-19H,4,7-16H2,1H3/t19-/m1/s1. The number of nitrogens with zero attached hydrogens (tertiary/aromatic N) is 2. The molecule has 154 valence electrons. The molecule has 0 saturated carbocycles. The van der Waals surface area contributed by atoms with Gasteiger partial charge in [-0.2, -0.15) is 0 Å². The molecule has 2 aliphatic heterocycles. The first-order valence-corrected chi connectivity index (χ1v) is 10.8. The van der Waals surface area contributed by atoms with Gasteiger partial charge >= 0.3 is 0 Å². The van der Waals surface area contributed by atoms with Crippen molar-refractivity contribution in [1.29, 1.82) is 0 Å². The van der Waals surface area contributed by atoms with E-state index >= 15 is 0 Å². The van der Waals surface area contributed by atoms with Gasteiger partial charge in [0, 0.05) is 51.3 Å². The Morgan fingerprint density at radius 2 is 1.93 bits per heavy atom. The Morgan fingerprint density at radius 3 is 2.64 bits per heavy atom. The molecule has 2 amide bonds. The number of hydrogen-bond acceptors (Lipinski definition) is 3. The largest absolute Gasteiger partial charge is 0.381 e. The van der Waals surface area contributed by atoms with Crippen molar-refractivity contribution < 1.29 is 14.3 Å². The zero-order valence-corrected chi connectivity index (χ0v) is 17.5. The van der Waals surface area contributed by atoms with Crippen molar-refractivity contribution in [3.8, 4) is 0 Å². The zero-order chi connectivity index (χ0) is 19.9. The molecule has 3 rings (SSSR count). The Labute approximate surface area is 173 Å². The molecule has 0 aromatic heterocycles. The minimum Gasteiger partial charge on any atom is -0.381 e. The number of ether oxygens (including phenoxy) is 1. The molecular weight excluding hydrogens is 376 g/mol. The van der Waals surface area contributed by atoms with Crippen molar-refractivity contribution in [3.05, 3.63) is 34.9 Å². The molecule has 5 nitrogen and oxygen atoms in total. The Bertz CT molecular complexity index is 658. The zero-order valence-electron chi connectivity index (χ0n) is 16.7. The van der Waals surface area contributed by atoms with E-state index in [1.54, 1.807) is 0 Å². The van der Waals surface area contributed by atoms with E-state index in [9.17, 15) is 9.59 Å². The fraction of sp³-hybridized carbons (Fsp3) is 0.636. The maximum absolute atomic E-state index is 12.9. The van der Waals surface area contributed by atoms with E-state index < -0.39 is 0 Å². The first-order valence-electron chi connectivity index (χ1n) is 10.4. The molecule has 0 unspecified atom stereocenters. The number of benzene rings is 1. The molecule has 2 heterocycles. The molecule has 2 fully saturated rings. The highest BCUT2D eigenvalue weighted by atomic mass is 35.5. The Balaban J connectivity index is 1.47. The Hall–Kier alpha value is -1.59. The van der Waals surface area contributed by atoms with E-state index in [4.69, 9.17) is 16.3 Å². The minimum absolute atomic E-state index is 0.0809. The van der Waals surface area contributed by atoms with Crippen LogP contribution in [0.2, 0.25) is 5.02 Å². The van der Waals surface area contributed by atoms with Crippen LogP contribution in [0.25, 0.3) is 0 Å². The number of amides is 2. The lowest BCUT2D eigenvalue weighted by Gasteiger charge is -2.34. The maximum atomic E-state index is 12.9. The summed E-state index contributed by atoms with van der Waals surface area (Å²) in [6.07, 6.45) is 5.14. The second-order valence-electron chi connectivity index (χ2n) is 8.06. The predicted molar refractivity (Wildman–Crippen MR) is 110 cm³/mol. The quantitative estimate of drug-likeness (QED) is 0.697. The molecule has 0 aliphatic carbocycles. The summed E-state index contributed by atoms with van der Waals surface area (Å²) in [4.78, 5) is 28.9. The van der Waals surface area contributed by atoms with Gasteiger partial charge in [-0.25, -0.2) is 0 Å². The van der Waals surface area contributed by atoms with Crippen molar-refractivity contribution in [2.24, 2.45) is 11.8 Å². The van der Waals surface area contributed by atoms with Gasteiger partial charge in [0.15, 0.2) is 0 Å². The molecule has 28 heavy (non-hydrogen) atoms. The first-order chi connectivity index (χ1) is 13.5. The summed E-state index contributed by atoms with van der Waals surface area (Å²) in [6, 6.07) is 7.72. The van der Waals surface area contributed by atoms with Gasteiger partial charge in [-0.3, -0.25) is 9.59 Å². The fourth-order valence-corrected chi connectivity index (χ4v) is 4.21. The van der Waals surface area contributed by atoms with Gasteiger partial charge < -0.3 is 14.5 Å². The third-order valence-electron chi connectivity index (χ3n) is 6.02. The summed E-state index contributed by atoms with van der Waals surface area (Å²) in [5, 5.41) is 0.715. The summed E-state index contributed by atoms with van der Waals surface area (Å²) in [5.41, 5.74) is 1.15. The summed E-state index contributed by atoms with van der Waals surface area (Å²) < 4.78 is 5.41. The second-order valence-corrected chi connectivity index (χ2v) is 8.49. The number of likely N-dealkylation sites (tertiary alicyclic amines) is 1. The first kappa shape index (κ1) is 21.1. The SMILES string of the molecule is CN(CCC1CCOCC1)C(=O)[C@@H]1CCC(=O)N(CCc2ccc(Cl)cc2)C1. The second kappa shape index (κ2) is 10.3. The number of hydrogen-bond donors (Lipinski definition) is 0. The Morgan fingerprint density at radius 1 is 1.21 bits per heavy atom. The lowest BCUT2D eigenvalue weighted by Crippen LogP contribution is -2.47. The average Bonchev–Trinajstić information content (AvgIpc) is 2.73. The van der Waals surface area contributed by atoms with E-state index in [-0.39, 0.29) is 17.7 Å². The normalized spacial score (nSPS) is 21.0. The molecule has 2 saturated heterocycles. The number of halogens is 1. The van der Waals surface area contributed by atoms with E-state index in [0.29, 0.717) is 36.9 Å². The number of rotatable bonds is 7. The molecule has 1 atom stereocenters. The van der Waals surface area contributed by atoms with Crippen LogP contribution in [0.4, 0.5) is 0 Å². The average molecular weight is 407 g/mol. The molecule has 1 aromatic carbocycles.